The lowest BCUT2D eigenvalue weighted by molar-refractivity contribution is -0.146. The Hall–Kier alpha value is -0.883. The summed E-state index contributed by atoms with van der Waals surface area (Å²) in [6, 6.07) is 0. The fraction of sp³-hybridized carbons (Fsp3) is 0.875. The molecule has 0 spiro atoms. The Bertz CT molecular complexity index is 360. The molecule has 0 saturated carbocycles. The van der Waals surface area contributed by atoms with Crippen molar-refractivity contribution in [2.45, 2.75) is 71.0 Å². The molecule has 0 unspecified atom stereocenters. The van der Waals surface area contributed by atoms with Gasteiger partial charge in [0.05, 0.1) is 13.7 Å². The number of methoxy groups -OCH3 is 1. The molecule has 0 saturated heterocycles. The van der Waals surface area contributed by atoms with Crippen molar-refractivity contribution in [2.75, 3.05) is 13.7 Å². The molecule has 0 aliphatic heterocycles. The minimum absolute atomic E-state index is 0.171. The summed E-state index contributed by atoms with van der Waals surface area (Å²) in [4.78, 5) is 33.9. The second-order valence-corrected chi connectivity index (χ2v) is 11.5. The second-order valence-electron chi connectivity index (χ2n) is 7.07. The number of hydrogen-bond acceptors (Lipinski definition) is 5. The highest BCUT2D eigenvalue weighted by Crippen LogP contribution is 2.43. The summed E-state index contributed by atoms with van der Waals surface area (Å²) in [5.74, 6) is -0.786. The molecule has 0 aromatic carbocycles. The zero-order chi connectivity index (χ0) is 17.4. The number of esters is 2. The highest BCUT2D eigenvalue weighted by molar-refractivity contribution is 6.72. The third kappa shape index (κ3) is 7.94. The largest absolute Gasteiger partial charge is 0.469 e. The van der Waals surface area contributed by atoms with Crippen LogP contribution in [0.1, 0.15) is 52.9 Å². The third-order valence-corrected chi connectivity index (χ3v) is 7.87. The maximum Gasteiger partial charge on any atom is 0.306 e. The van der Waals surface area contributed by atoms with E-state index in [0.717, 1.165) is 12.8 Å². The van der Waals surface area contributed by atoms with Gasteiger partial charge in [0.1, 0.15) is 0 Å². The van der Waals surface area contributed by atoms with E-state index in [9.17, 15) is 14.4 Å². The fourth-order valence-corrected chi connectivity index (χ4v) is 2.92. The summed E-state index contributed by atoms with van der Waals surface area (Å²) in [6.07, 6.45) is 2.77. The first kappa shape index (κ1) is 21.1. The molecule has 0 aromatic rings. The molecule has 6 heteroatoms. The number of hydrogen-bond donors (Lipinski definition) is 1. The molecule has 0 bridgehead atoms. The Morgan fingerprint density at radius 1 is 1.18 bits per heavy atom. The fourth-order valence-electron chi connectivity index (χ4n) is 2.13. The third-order valence-electron chi connectivity index (χ3n) is 4.35. The van der Waals surface area contributed by atoms with Crippen LogP contribution in [0, 0.1) is 5.92 Å². The van der Waals surface area contributed by atoms with E-state index in [0.29, 0.717) is 13.0 Å². The van der Waals surface area contributed by atoms with E-state index in [1.165, 1.54) is 7.11 Å². The standard InChI is InChI=1S/C16H32O5Si/c1-7-8-9-21-15(18)11-13(10-14(17)20-4)12-16(2,3)22(5,6)19/h13,19H,7-12H2,1-6H3/t13-/m1/s1. The SMILES string of the molecule is CCCCOC(=O)C[C@@H](CC(=O)OC)CC(C)(C)[Si](C)(C)O. The van der Waals surface area contributed by atoms with Gasteiger partial charge in [0, 0.05) is 12.8 Å². The minimum atomic E-state index is -2.40. The topological polar surface area (TPSA) is 72.8 Å². The quantitative estimate of drug-likeness (QED) is 0.377. The van der Waals surface area contributed by atoms with Gasteiger partial charge in [-0.05, 0) is 36.9 Å². The Labute approximate surface area is 135 Å². The van der Waals surface area contributed by atoms with Gasteiger partial charge in [0.25, 0.3) is 0 Å². The molecule has 0 aliphatic rings. The summed E-state index contributed by atoms with van der Waals surface area (Å²) >= 11 is 0. The number of unbranched alkanes of at least 4 members (excludes halogenated alkanes) is 1. The summed E-state index contributed by atoms with van der Waals surface area (Å²) in [7, 11) is -1.05. The lowest BCUT2D eigenvalue weighted by Gasteiger charge is -2.37. The molecule has 22 heavy (non-hydrogen) atoms. The van der Waals surface area contributed by atoms with Crippen LogP contribution in [0.3, 0.4) is 0 Å². The van der Waals surface area contributed by atoms with Gasteiger partial charge in [-0.3, -0.25) is 9.59 Å². The summed E-state index contributed by atoms with van der Waals surface area (Å²) in [6.45, 7) is 10.2. The molecule has 1 atom stereocenters. The van der Waals surface area contributed by atoms with Crippen molar-refractivity contribution in [3.05, 3.63) is 0 Å². The van der Waals surface area contributed by atoms with Crippen LogP contribution in [0.4, 0.5) is 0 Å². The van der Waals surface area contributed by atoms with Crippen LogP contribution in [-0.2, 0) is 19.1 Å². The smallest absolute Gasteiger partial charge is 0.306 e. The van der Waals surface area contributed by atoms with Crippen LogP contribution in [0.15, 0.2) is 0 Å². The molecule has 0 aromatic heterocycles. The molecule has 0 aliphatic carbocycles. The lowest BCUT2D eigenvalue weighted by Crippen LogP contribution is -2.40. The summed E-state index contributed by atoms with van der Waals surface area (Å²) in [5.41, 5.74) is 0. The van der Waals surface area contributed by atoms with Crippen LogP contribution >= 0.6 is 0 Å². The minimum Gasteiger partial charge on any atom is -0.469 e. The van der Waals surface area contributed by atoms with Crippen molar-refractivity contribution in [3.8, 4) is 0 Å². The van der Waals surface area contributed by atoms with E-state index in [1.54, 1.807) is 0 Å². The Kier molecular flexibility index (Phi) is 8.93. The number of carbonyl (C=O) groups excluding carboxylic acids is 2. The van der Waals surface area contributed by atoms with Crippen LogP contribution in [0.2, 0.25) is 18.1 Å². The van der Waals surface area contributed by atoms with Crippen molar-refractivity contribution in [1.29, 1.82) is 0 Å². The Balaban J connectivity index is 4.76. The molecular formula is C16H32O5Si. The highest BCUT2D eigenvalue weighted by atomic mass is 28.4. The monoisotopic (exact) mass is 332 g/mol. The Morgan fingerprint density at radius 2 is 1.73 bits per heavy atom. The van der Waals surface area contributed by atoms with Crippen molar-refractivity contribution in [3.63, 3.8) is 0 Å². The van der Waals surface area contributed by atoms with Gasteiger partial charge in [0.2, 0.25) is 0 Å². The van der Waals surface area contributed by atoms with Crippen molar-refractivity contribution in [2.24, 2.45) is 5.92 Å². The predicted octanol–water partition coefficient (Wildman–Crippen LogP) is 3.27. The second kappa shape index (κ2) is 9.30. The average Bonchev–Trinajstić information content (AvgIpc) is 2.36. The van der Waals surface area contributed by atoms with Gasteiger partial charge in [-0.25, -0.2) is 0 Å². The molecular weight excluding hydrogens is 300 g/mol. The zero-order valence-corrected chi connectivity index (χ0v) is 15.9. The molecule has 0 rings (SSSR count). The first-order valence-electron chi connectivity index (χ1n) is 7.98. The van der Waals surface area contributed by atoms with E-state index in [-0.39, 0.29) is 35.7 Å². The van der Waals surface area contributed by atoms with Crippen molar-refractivity contribution < 1.29 is 23.9 Å². The molecule has 1 N–H and O–H groups in total. The van der Waals surface area contributed by atoms with Crippen LogP contribution in [0.25, 0.3) is 0 Å². The van der Waals surface area contributed by atoms with E-state index in [4.69, 9.17) is 9.47 Å². The van der Waals surface area contributed by atoms with Gasteiger partial charge >= 0.3 is 11.9 Å². The van der Waals surface area contributed by atoms with Gasteiger partial charge in [0.15, 0.2) is 8.32 Å². The molecule has 0 fully saturated rings. The predicted molar refractivity (Wildman–Crippen MR) is 89.0 cm³/mol. The van der Waals surface area contributed by atoms with E-state index in [2.05, 4.69) is 0 Å². The number of rotatable bonds is 10. The highest BCUT2D eigenvalue weighted by Gasteiger charge is 2.40. The molecule has 0 amide bonds. The van der Waals surface area contributed by atoms with E-state index in [1.807, 2.05) is 33.9 Å². The number of carbonyl (C=O) groups is 2. The molecule has 0 radical (unpaired) electrons. The van der Waals surface area contributed by atoms with Crippen LogP contribution < -0.4 is 0 Å². The number of ether oxygens (including phenoxy) is 2. The van der Waals surface area contributed by atoms with Gasteiger partial charge in [-0.15, -0.1) is 0 Å². The van der Waals surface area contributed by atoms with E-state index < -0.39 is 8.32 Å². The van der Waals surface area contributed by atoms with Crippen molar-refractivity contribution in [1.82, 2.24) is 0 Å². The van der Waals surface area contributed by atoms with Crippen LogP contribution in [-0.4, -0.2) is 38.8 Å². The van der Waals surface area contributed by atoms with Gasteiger partial charge < -0.3 is 14.3 Å². The van der Waals surface area contributed by atoms with Crippen molar-refractivity contribution >= 4 is 20.3 Å². The maximum absolute atomic E-state index is 11.9. The summed E-state index contributed by atoms with van der Waals surface area (Å²) in [5, 5.41) is -0.296. The average molecular weight is 333 g/mol. The molecule has 130 valence electrons. The van der Waals surface area contributed by atoms with E-state index >= 15 is 0 Å². The molecule has 0 heterocycles. The Morgan fingerprint density at radius 3 is 2.18 bits per heavy atom. The van der Waals surface area contributed by atoms with Crippen LogP contribution in [0.5, 0.6) is 0 Å². The van der Waals surface area contributed by atoms with Gasteiger partial charge in [-0.1, -0.05) is 27.2 Å². The summed E-state index contributed by atoms with van der Waals surface area (Å²) < 4.78 is 9.90. The van der Waals surface area contributed by atoms with Gasteiger partial charge in [-0.2, -0.15) is 0 Å². The normalized spacial score (nSPS) is 13.6. The maximum atomic E-state index is 11.9. The lowest BCUT2D eigenvalue weighted by atomic mass is 9.90. The molecule has 5 nitrogen and oxygen atoms in total. The first-order valence-corrected chi connectivity index (χ1v) is 10.9. The zero-order valence-electron chi connectivity index (χ0n) is 14.9. The first-order chi connectivity index (χ1) is 10.0.